The second-order valence-corrected chi connectivity index (χ2v) is 7.27. The maximum Gasteiger partial charge on any atom is 0.410 e. The molecule has 23 heavy (non-hydrogen) atoms. The lowest BCUT2D eigenvalue weighted by atomic mass is 9.84. The highest BCUT2D eigenvalue weighted by atomic mass is 16.6. The maximum absolute atomic E-state index is 12.3. The Balaban J connectivity index is 2.86. The molecule has 0 saturated carbocycles. The largest absolute Gasteiger partial charge is 0.460 e. The van der Waals surface area contributed by atoms with Crippen LogP contribution in [0.5, 0.6) is 0 Å². The molecular formula is C17H29NO5. The third kappa shape index (κ3) is 5.53. The van der Waals surface area contributed by atoms with Gasteiger partial charge < -0.3 is 19.5 Å². The molecule has 0 bridgehead atoms. The highest BCUT2D eigenvalue weighted by molar-refractivity contribution is 5.75. The molecule has 132 valence electrons. The number of likely N-dealkylation sites (tertiary alicyclic amines) is 1. The molecular weight excluding hydrogens is 298 g/mol. The number of hydrogen-bond donors (Lipinski definition) is 1. The van der Waals surface area contributed by atoms with E-state index in [0.29, 0.717) is 6.42 Å². The lowest BCUT2D eigenvalue weighted by molar-refractivity contribution is -0.168. The molecule has 0 aromatic carbocycles. The smallest absolute Gasteiger partial charge is 0.410 e. The Labute approximate surface area is 138 Å². The summed E-state index contributed by atoms with van der Waals surface area (Å²) in [4.78, 5) is 26.0. The number of esters is 1. The molecule has 1 saturated heterocycles. The van der Waals surface area contributed by atoms with Gasteiger partial charge in [0, 0.05) is 6.04 Å². The van der Waals surface area contributed by atoms with Gasteiger partial charge in [-0.25, -0.2) is 4.79 Å². The average molecular weight is 327 g/mol. The normalized spacial score (nSPS) is 25.2. The molecule has 0 radical (unpaired) electrons. The SMILES string of the molecule is C=CCOC(=O)N1CC(O)C(C(=O)OC(C)(C)C)C[C@H]1C(C)C. The molecule has 1 rings (SSSR count). The van der Waals surface area contributed by atoms with Gasteiger partial charge in [0.05, 0.1) is 18.6 Å². The van der Waals surface area contributed by atoms with Crippen LogP contribution in [0.3, 0.4) is 0 Å². The van der Waals surface area contributed by atoms with Crippen molar-refractivity contribution in [3.05, 3.63) is 12.7 Å². The van der Waals surface area contributed by atoms with Gasteiger partial charge in [-0.3, -0.25) is 4.79 Å². The third-order valence-electron chi connectivity index (χ3n) is 3.78. The summed E-state index contributed by atoms with van der Waals surface area (Å²) in [6.07, 6.45) is 0.393. The zero-order chi connectivity index (χ0) is 17.8. The van der Waals surface area contributed by atoms with Crippen LogP contribution in [0.15, 0.2) is 12.7 Å². The average Bonchev–Trinajstić information content (AvgIpc) is 2.41. The predicted molar refractivity (Wildman–Crippen MR) is 86.8 cm³/mol. The third-order valence-corrected chi connectivity index (χ3v) is 3.78. The van der Waals surface area contributed by atoms with Gasteiger partial charge >= 0.3 is 12.1 Å². The molecule has 6 heteroatoms. The van der Waals surface area contributed by atoms with Crippen LogP contribution in [-0.4, -0.2) is 53.0 Å². The van der Waals surface area contributed by atoms with Crippen molar-refractivity contribution in [2.75, 3.05) is 13.2 Å². The highest BCUT2D eigenvalue weighted by Crippen LogP contribution is 2.30. The Kier molecular flexibility index (Phi) is 6.62. The van der Waals surface area contributed by atoms with Crippen LogP contribution in [0.1, 0.15) is 41.0 Å². The standard InChI is InChI=1S/C17H29NO5/c1-7-8-22-16(21)18-10-14(19)12(9-13(18)11(2)3)15(20)23-17(4,5)6/h7,11-14,19H,1,8-10H2,2-6H3/t12?,13-,14?/m0/s1. The van der Waals surface area contributed by atoms with Crippen LogP contribution in [0.4, 0.5) is 4.79 Å². The van der Waals surface area contributed by atoms with Crippen LogP contribution in [0.25, 0.3) is 0 Å². The molecule has 1 N–H and O–H groups in total. The number of carbonyl (C=O) groups excluding carboxylic acids is 2. The summed E-state index contributed by atoms with van der Waals surface area (Å²) < 4.78 is 10.5. The quantitative estimate of drug-likeness (QED) is 0.633. The second kappa shape index (κ2) is 7.81. The second-order valence-electron chi connectivity index (χ2n) is 7.27. The lowest BCUT2D eigenvalue weighted by Gasteiger charge is -2.42. The fraction of sp³-hybridized carbons (Fsp3) is 0.765. The first kappa shape index (κ1) is 19.5. The number of ether oxygens (including phenoxy) is 2. The Morgan fingerprint density at radius 2 is 2.00 bits per heavy atom. The minimum absolute atomic E-state index is 0.0583. The van der Waals surface area contributed by atoms with Crippen LogP contribution in [0, 0.1) is 11.8 Å². The van der Waals surface area contributed by atoms with E-state index in [-0.39, 0.29) is 25.1 Å². The summed E-state index contributed by atoms with van der Waals surface area (Å²) in [6, 6.07) is -0.187. The van der Waals surface area contributed by atoms with E-state index in [9.17, 15) is 14.7 Å². The molecule has 6 nitrogen and oxygen atoms in total. The van der Waals surface area contributed by atoms with Gasteiger partial charge in [-0.15, -0.1) is 0 Å². The Bertz CT molecular complexity index is 441. The Hall–Kier alpha value is -1.56. The summed E-state index contributed by atoms with van der Waals surface area (Å²) in [5.41, 5.74) is -0.607. The number of nitrogens with zero attached hydrogens (tertiary/aromatic N) is 1. The Morgan fingerprint density at radius 3 is 2.48 bits per heavy atom. The number of aliphatic hydroxyl groups is 1. The zero-order valence-electron chi connectivity index (χ0n) is 14.7. The van der Waals surface area contributed by atoms with E-state index < -0.39 is 29.7 Å². The van der Waals surface area contributed by atoms with Crippen molar-refractivity contribution in [2.24, 2.45) is 11.8 Å². The fourth-order valence-corrected chi connectivity index (χ4v) is 2.69. The first-order valence-corrected chi connectivity index (χ1v) is 8.02. The molecule has 1 amide bonds. The first-order chi connectivity index (χ1) is 10.6. The number of piperidine rings is 1. The van der Waals surface area contributed by atoms with Crippen LogP contribution in [-0.2, 0) is 14.3 Å². The summed E-state index contributed by atoms with van der Waals surface area (Å²) in [5.74, 6) is -0.927. The number of rotatable bonds is 4. The van der Waals surface area contributed by atoms with E-state index in [2.05, 4.69) is 6.58 Å². The molecule has 3 atom stereocenters. The van der Waals surface area contributed by atoms with Gasteiger partial charge in [0.2, 0.25) is 0 Å². The van der Waals surface area contributed by atoms with Gasteiger partial charge in [-0.1, -0.05) is 26.5 Å². The molecule has 2 unspecified atom stereocenters. The first-order valence-electron chi connectivity index (χ1n) is 8.02. The lowest BCUT2D eigenvalue weighted by Crippen LogP contribution is -2.56. The maximum atomic E-state index is 12.3. The fourth-order valence-electron chi connectivity index (χ4n) is 2.69. The van der Waals surface area contributed by atoms with Crippen molar-refractivity contribution in [3.63, 3.8) is 0 Å². The van der Waals surface area contributed by atoms with E-state index in [1.54, 1.807) is 20.8 Å². The highest BCUT2D eigenvalue weighted by Gasteiger charge is 2.43. The molecule has 0 aliphatic carbocycles. The van der Waals surface area contributed by atoms with Crippen molar-refractivity contribution in [3.8, 4) is 0 Å². The minimum atomic E-state index is -0.962. The van der Waals surface area contributed by atoms with Gasteiger partial charge in [0.25, 0.3) is 0 Å². The molecule has 1 aliphatic heterocycles. The van der Waals surface area contributed by atoms with Gasteiger partial charge in [-0.2, -0.15) is 0 Å². The molecule has 0 spiro atoms. The van der Waals surface area contributed by atoms with Crippen LogP contribution < -0.4 is 0 Å². The van der Waals surface area contributed by atoms with Gasteiger partial charge in [0.1, 0.15) is 12.2 Å². The molecule has 1 heterocycles. The summed E-state index contributed by atoms with van der Waals surface area (Å²) >= 11 is 0. The van der Waals surface area contributed by atoms with Crippen molar-refractivity contribution >= 4 is 12.1 Å². The number of β-amino-alcohol motifs (C(OH)–C–C–N with tert-alkyl or cyclic N) is 1. The van der Waals surface area contributed by atoms with E-state index in [1.165, 1.54) is 11.0 Å². The van der Waals surface area contributed by atoms with Crippen molar-refractivity contribution in [1.29, 1.82) is 0 Å². The van der Waals surface area contributed by atoms with Crippen LogP contribution >= 0.6 is 0 Å². The van der Waals surface area contributed by atoms with Gasteiger partial charge in [-0.05, 0) is 33.1 Å². The van der Waals surface area contributed by atoms with E-state index in [1.807, 2.05) is 13.8 Å². The topological polar surface area (TPSA) is 76.1 Å². The molecule has 0 aromatic heterocycles. The van der Waals surface area contributed by atoms with Crippen molar-refractivity contribution in [2.45, 2.75) is 58.8 Å². The number of amides is 1. The zero-order valence-corrected chi connectivity index (χ0v) is 14.7. The number of hydrogen-bond acceptors (Lipinski definition) is 5. The van der Waals surface area contributed by atoms with E-state index in [0.717, 1.165) is 0 Å². The summed E-state index contributed by atoms with van der Waals surface area (Å²) in [6.45, 7) is 13.0. The Morgan fingerprint density at radius 1 is 1.39 bits per heavy atom. The summed E-state index contributed by atoms with van der Waals surface area (Å²) in [5, 5.41) is 10.3. The molecule has 0 aromatic rings. The number of carbonyl (C=O) groups is 2. The monoisotopic (exact) mass is 327 g/mol. The van der Waals surface area contributed by atoms with E-state index >= 15 is 0 Å². The van der Waals surface area contributed by atoms with Crippen molar-refractivity contribution in [1.82, 2.24) is 4.90 Å². The number of aliphatic hydroxyl groups excluding tert-OH is 1. The molecule has 1 fully saturated rings. The van der Waals surface area contributed by atoms with Crippen LogP contribution in [0.2, 0.25) is 0 Å². The summed E-state index contributed by atoms with van der Waals surface area (Å²) in [7, 11) is 0. The molecule has 1 aliphatic rings. The van der Waals surface area contributed by atoms with E-state index in [4.69, 9.17) is 9.47 Å². The minimum Gasteiger partial charge on any atom is -0.460 e. The van der Waals surface area contributed by atoms with Gasteiger partial charge in [0.15, 0.2) is 0 Å². The van der Waals surface area contributed by atoms with Crippen molar-refractivity contribution < 1.29 is 24.2 Å². The predicted octanol–water partition coefficient (Wildman–Crippen LogP) is 2.36.